The van der Waals surface area contributed by atoms with Crippen LogP contribution in [0.1, 0.15) is 18.4 Å². The summed E-state index contributed by atoms with van der Waals surface area (Å²) < 4.78 is 7.23. The van der Waals surface area contributed by atoms with E-state index in [9.17, 15) is 9.59 Å². The van der Waals surface area contributed by atoms with Crippen molar-refractivity contribution >= 4 is 17.1 Å². The zero-order valence-electron chi connectivity index (χ0n) is 15.1. The van der Waals surface area contributed by atoms with E-state index in [-0.39, 0.29) is 24.3 Å². The maximum absolute atomic E-state index is 12.4. The SMILES string of the molecule is O=C(OCc1ccccc1)N1CCCC(Cn2c(=O)[nH]c3ccccc32)C1. The second-order valence-electron chi connectivity index (χ2n) is 7.05. The van der Waals surface area contributed by atoms with E-state index in [2.05, 4.69) is 4.98 Å². The predicted molar refractivity (Wildman–Crippen MR) is 103 cm³/mol. The number of carbonyl (C=O) groups is 1. The lowest BCUT2D eigenvalue weighted by Crippen LogP contribution is -2.42. The van der Waals surface area contributed by atoms with E-state index < -0.39 is 0 Å². The molecule has 1 amide bonds. The lowest BCUT2D eigenvalue weighted by molar-refractivity contribution is 0.0769. The normalized spacial score (nSPS) is 17.2. The first-order valence-corrected chi connectivity index (χ1v) is 9.34. The Morgan fingerprint density at radius 3 is 2.74 bits per heavy atom. The quantitative estimate of drug-likeness (QED) is 0.771. The first-order chi connectivity index (χ1) is 13.2. The number of ether oxygens (including phenoxy) is 1. The molecule has 1 saturated heterocycles. The number of rotatable bonds is 4. The number of hydrogen-bond donors (Lipinski definition) is 1. The average Bonchev–Trinajstić information content (AvgIpc) is 3.02. The maximum Gasteiger partial charge on any atom is 0.410 e. The summed E-state index contributed by atoms with van der Waals surface area (Å²) in [6.07, 6.45) is 1.63. The van der Waals surface area contributed by atoms with E-state index in [1.165, 1.54) is 0 Å². The Bertz CT molecular complexity index is 977. The van der Waals surface area contributed by atoms with Crippen LogP contribution in [0.4, 0.5) is 4.79 Å². The second kappa shape index (κ2) is 7.70. The molecule has 0 saturated carbocycles. The maximum atomic E-state index is 12.4. The molecule has 27 heavy (non-hydrogen) atoms. The van der Waals surface area contributed by atoms with Crippen LogP contribution in [0.5, 0.6) is 0 Å². The highest BCUT2D eigenvalue weighted by atomic mass is 16.6. The average molecular weight is 365 g/mol. The Balaban J connectivity index is 1.39. The molecule has 2 heterocycles. The predicted octanol–water partition coefficient (Wildman–Crippen LogP) is 3.38. The van der Waals surface area contributed by atoms with Crippen LogP contribution in [0.25, 0.3) is 11.0 Å². The number of para-hydroxylation sites is 2. The fourth-order valence-corrected chi connectivity index (χ4v) is 3.74. The molecule has 1 aliphatic heterocycles. The molecule has 1 unspecified atom stereocenters. The molecule has 0 spiro atoms. The molecule has 0 bridgehead atoms. The highest BCUT2D eigenvalue weighted by molar-refractivity contribution is 5.74. The van der Waals surface area contributed by atoms with Crippen molar-refractivity contribution < 1.29 is 9.53 Å². The summed E-state index contributed by atoms with van der Waals surface area (Å²) >= 11 is 0. The Hall–Kier alpha value is -3.02. The van der Waals surface area contributed by atoms with Crippen LogP contribution in [0, 0.1) is 5.92 Å². The molecule has 1 aliphatic rings. The third-order valence-electron chi connectivity index (χ3n) is 5.10. The van der Waals surface area contributed by atoms with Gasteiger partial charge < -0.3 is 14.6 Å². The first-order valence-electron chi connectivity index (χ1n) is 9.34. The Morgan fingerprint density at radius 2 is 1.89 bits per heavy atom. The molecule has 140 valence electrons. The molecule has 4 rings (SSSR count). The van der Waals surface area contributed by atoms with Gasteiger partial charge in [-0.25, -0.2) is 9.59 Å². The Labute approximate surface area is 157 Å². The van der Waals surface area contributed by atoms with Crippen LogP contribution in [-0.4, -0.2) is 33.6 Å². The summed E-state index contributed by atoms with van der Waals surface area (Å²) in [6.45, 7) is 2.19. The van der Waals surface area contributed by atoms with Crippen molar-refractivity contribution in [1.29, 1.82) is 0 Å². The number of H-pyrrole nitrogens is 1. The second-order valence-corrected chi connectivity index (χ2v) is 7.05. The molecule has 0 radical (unpaired) electrons. The van der Waals surface area contributed by atoms with E-state index in [0.29, 0.717) is 19.6 Å². The lowest BCUT2D eigenvalue weighted by Gasteiger charge is -2.32. The van der Waals surface area contributed by atoms with Gasteiger partial charge in [0.25, 0.3) is 0 Å². The number of benzene rings is 2. The summed E-state index contributed by atoms with van der Waals surface area (Å²) in [6, 6.07) is 17.4. The highest BCUT2D eigenvalue weighted by Gasteiger charge is 2.25. The number of likely N-dealkylation sites (tertiary alicyclic amines) is 1. The van der Waals surface area contributed by atoms with Gasteiger partial charge in [-0.1, -0.05) is 42.5 Å². The summed E-state index contributed by atoms with van der Waals surface area (Å²) in [5.74, 6) is 0.236. The molecule has 3 aromatic rings. The first kappa shape index (κ1) is 17.4. The Morgan fingerprint density at radius 1 is 1.11 bits per heavy atom. The van der Waals surface area contributed by atoms with Gasteiger partial charge in [0.2, 0.25) is 0 Å². The molecule has 1 N–H and O–H groups in total. The van der Waals surface area contributed by atoms with Crippen LogP contribution in [0.3, 0.4) is 0 Å². The van der Waals surface area contributed by atoms with Gasteiger partial charge in [0.15, 0.2) is 0 Å². The number of imidazole rings is 1. The van der Waals surface area contributed by atoms with Crippen molar-refractivity contribution in [3.8, 4) is 0 Å². The van der Waals surface area contributed by atoms with Gasteiger partial charge in [-0.15, -0.1) is 0 Å². The monoisotopic (exact) mass is 365 g/mol. The van der Waals surface area contributed by atoms with Crippen molar-refractivity contribution in [1.82, 2.24) is 14.5 Å². The topological polar surface area (TPSA) is 67.3 Å². The van der Waals surface area contributed by atoms with Crippen molar-refractivity contribution in [3.05, 3.63) is 70.6 Å². The molecule has 2 aromatic carbocycles. The fourth-order valence-electron chi connectivity index (χ4n) is 3.74. The minimum atomic E-state index is -0.283. The fraction of sp³-hybridized carbons (Fsp3) is 0.333. The number of hydrogen-bond acceptors (Lipinski definition) is 3. The third kappa shape index (κ3) is 3.89. The number of nitrogens with zero attached hydrogens (tertiary/aromatic N) is 2. The van der Waals surface area contributed by atoms with E-state index >= 15 is 0 Å². The molecule has 6 heteroatoms. The highest BCUT2D eigenvalue weighted by Crippen LogP contribution is 2.21. The van der Waals surface area contributed by atoms with E-state index in [4.69, 9.17) is 4.74 Å². The van der Waals surface area contributed by atoms with E-state index in [0.717, 1.165) is 29.4 Å². The minimum absolute atomic E-state index is 0.0972. The lowest BCUT2D eigenvalue weighted by atomic mass is 9.98. The zero-order valence-corrected chi connectivity index (χ0v) is 15.1. The summed E-state index contributed by atoms with van der Waals surface area (Å²) in [5.41, 5.74) is 2.63. The van der Waals surface area contributed by atoms with Crippen molar-refractivity contribution in [3.63, 3.8) is 0 Å². The van der Waals surface area contributed by atoms with Gasteiger partial charge in [0.1, 0.15) is 6.61 Å². The van der Waals surface area contributed by atoms with Gasteiger partial charge in [-0.05, 0) is 36.5 Å². The van der Waals surface area contributed by atoms with Gasteiger partial charge in [0, 0.05) is 19.6 Å². The van der Waals surface area contributed by atoms with Crippen LogP contribution < -0.4 is 5.69 Å². The number of piperidine rings is 1. The smallest absolute Gasteiger partial charge is 0.410 e. The summed E-state index contributed by atoms with van der Waals surface area (Å²) in [5, 5.41) is 0. The molecule has 0 aliphatic carbocycles. The number of fused-ring (bicyclic) bond motifs is 1. The minimum Gasteiger partial charge on any atom is -0.445 e. The molecule has 6 nitrogen and oxygen atoms in total. The van der Waals surface area contributed by atoms with Gasteiger partial charge in [-0.2, -0.15) is 0 Å². The van der Waals surface area contributed by atoms with Crippen LogP contribution in [0.15, 0.2) is 59.4 Å². The van der Waals surface area contributed by atoms with Crippen molar-refractivity contribution in [2.24, 2.45) is 5.92 Å². The number of carbonyl (C=O) groups excluding carboxylic acids is 1. The van der Waals surface area contributed by atoms with Gasteiger partial charge >= 0.3 is 11.8 Å². The zero-order chi connectivity index (χ0) is 18.6. The number of amides is 1. The molecule has 1 atom stereocenters. The number of nitrogens with one attached hydrogen (secondary N) is 1. The van der Waals surface area contributed by atoms with E-state index in [1.807, 2.05) is 54.6 Å². The molecular weight excluding hydrogens is 342 g/mol. The summed E-state index contributed by atoms with van der Waals surface area (Å²) in [7, 11) is 0. The van der Waals surface area contributed by atoms with Crippen LogP contribution >= 0.6 is 0 Å². The van der Waals surface area contributed by atoms with Gasteiger partial charge in [0.05, 0.1) is 11.0 Å². The van der Waals surface area contributed by atoms with Gasteiger partial charge in [-0.3, -0.25) is 4.57 Å². The van der Waals surface area contributed by atoms with Crippen LogP contribution in [-0.2, 0) is 17.9 Å². The third-order valence-corrected chi connectivity index (χ3v) is 5.10. The van der Waals surface area contributed by atoms with Crippen molar-refractivity contribution in [2.45, 2.75) is 26.0 Å². The largest absolute Gasteiger partial charge is 0.445 e. The number of aromatic amines is 1. The standard InChI is InChI=1S/C21H23N3O3/c25-20-22-18-10-4-5-11-19(18)24(20)14-17-9-6-12-23(13-17)21(26)27-15-16-7-2-1-3-8-16/h1-5,7-8,10-11,17H,6,9,12-15H2,(H,22,25). The molecular formula is C21H23N3O3. The molecule has 1 aromatic heterocycles. The van der Waals surface area contributed by atoms with Crippen molar-refractivity contribution in [2.75, 3.05) is 13.1 Å². The Kier molecular flexibility index (Phi) is 4.96. The number of aromatic nitrogens is 2. The molecule has 1 fully saturated rings. The summed E-state index contributed by atoms with van der Waals surface area (Å²) in [4.78, 5) is 29.4. The van der Waals surface area contributed by atoms with Crippen LogP contribution in [0.2, 0.25) is 0 Å². The van der Waals surface area contributed by atoms with E-state index in [1.54, 1.807) is 9.47 Å².